The lowest BCUT2D eigenvalue weighted by Crippen LogP contribution is -2.25. The van der Waals surface area contributed by atoms with Gasteiger partial charge in [-0.2, -0.15) is 0 Å². The van der Waals surface area contributed by atoms with Gasteiger partial charge < -0.3 is 14.3 Å². The van der Waals surface area contributed by atoms with Crippen molar-refractivity contribution in [1.82, 2.24) is 24.4 Å². The van der Waals surface area contributed by atoms with E-state index < -0.39 is 0 Å². The molecule has 2 aromatic carbocycles. The van der Waals surface area contributed by atoms with Crippen LogP contribution in [-0.4, -0.2) is 62.9 Å². The molecule has 2 aliphatic rings. The quantitative estimate of drug-likeness (QED) is 0.284. The van der Waals surface area contributed by atoms with Crippen LogP contribution in [0.25, 0.3) is 27.8 Å². The van der Waals surface area contributed by atoms with Gasteiger partial charge in [0.25, 0.3) is 0 Å². The summed E-state index contributed by atoms with van der Waals surface area (Å²) in [6.45, 7) is 8.94. The standard InChI is InChI=1S/C33H34N6O/c1-22-16-25(18-26(17-22)40-15-14-38-12-3-4-13-38)28-9-8-24-10-11-34-33(32(24)37-28)30-19-27-29(36-30)6-5-7-31(27)39-20-23(2)35-21-39/h5-9,16-21,36H,3-4,10-15H2,1-2H3. The summed E-state index contributed by atoms with van der Waals surface area (Å²) in [5.41, 5.74) is 10.4. The number of benzene rings is 2. The number of ether oxygens (including phenoxy) is 1. The predicted octanol–water partition coefficient (Wildman–Crippen LogP) is 5.90. The molecule has 2 aliphatic heterocycles. The number of aromatic nitrogens is 4. The molecule has 0 radical (unpaired) electrons. The van der Waals surface area contributed by atoms with Crippen molar-refractivity contribution >= 4 is 16.6 Å². The summed E-state index contributed by atoms with van der Waals surface area (Å²) in [6, 6.07) is 19.3. The van der Waals surface area contributed by atoms with E-state index in [1.807, 2.05) is 13.3 Å². The van der Waals surface area contributed by atoms with Crippen LogP contribution in [0.4, 0.5) is 0 Å². The third-order valence-electron chi connectivity index (χ3n) is 7.96. The van der Waals surface area contributed by atoms with E-state index in [1.54, 1.807) is 0 Å². The first kappa shape index (κ1) is 24.8. The summed E-state index contributed by atoms with van der Waals surface area (Å²) < 4.78 is 8.27. The van der Waals surface area contributed by atoms with Crippen LogP contribution < -0.4 is 4.74 Å². The minimum absolute atomic E-state index is 0.707. The van der Waals surface area contributed by atoms with E-state index in [1.165, 1.54) is 37.1 Å². The van der Waals surface area contributed by atoms with E-state index in [2.05, 4.69) is 87.2 Å². The Morgan fingerprint density at radius 3 is 2.75 bits per heavy atom. The molecule has 7 heteroatoms. The van der Waals surface area contributed by atoms with Crippen molar-refractivity contribution in [3.05, 3.63) is 95.3 Å². The molecule has 0 spiro atoms. The number of aliphatic imine (C=N–C) groups is 1. The van der Waals surface area contributed by atoms with Gasteiger partial charge in [-0.15, -0.1) is 0 Å². The molecule has 7 nitrogen and oxygen atoms in total. The highest BCUT2D eigenvalue weighted by atomic mass is 16.5. The highest BCUT2D eigenvalue weighted by Gasteiger charge is 2.21. The van der Waals surface area contributed by atoms with E-state index in [0.717, 1.165) is 75.9 Å². The number of fused-ring (bicyclic) bond motifs is 2. The van der Waals surface area contributed by atoms with Gasteiger partial charge >= 0.3 is 0 Å². The molecule has 40 heavy (non-hydrogen) atoms. The van der Waals surface area contributed by atoms with Gasteiger partial charge in [-0.05, 0) is 99.8 Å². The maximum Gasteiger partial charge on any atom is 0.120 e. The highest BCUT2D eigenvalue weighted by Crippen LogP contribution is 2.30. The molecule has 0 atom stereocenters. The second kappa shape index (κ2) is 10.4. The Bertz CT molecular complexity index is 1720. The van der Waals surface area contributed by atoms with Crippen molar-refractivity contribution in [2.45, 2.75) is 33.1 Å². The summed E-state index contributed by atoms with van der Waals surface area (Å²) in [5.74, 6) is 0.903. The number of likely N-dealkylation sites (tertiary alicyclic amines) is 1. The zero-order chi connectivity index (χ0) is 27.1. The fraction of sp³-hybridized carbons (Fsp3) is 0.303. The maximum absolute atomic E-state index is 6.19. The molecular weight excluding hydrogens is 496 g/mol. The average molecular weight is 531 g/mol. The number of nitrogens with zero attached hydrogens (tertiary/aromatic N) is 5. The van der Waals surface area contributed by atoms with Gasteiger partial charge in [-0.25, -0.2) is 9.97 Å². The van der Waals surface area contributed by atoms with Crippen molar-refractivity contribution < 1.29 is 4.74 Å². The second-order valence-corrected chi connectivity index (χ2v) is 11.0. The first-order chi connectivity index (χ1) is 19.6. The van der Waals surface area contributed by atoms with Crippen LogP contribution in [0.3, 0.4) is 0 Å². The Kier molecular flexibility index (Phi) is 6.44. The molecule has 3 aromatic heterocycles. The lowest BCUT2D eigenvalue weighted by Gasteiger charge is -2.17. The van der Waals surface area contributed by atoms with E-state index in [-0.39, 0.29) is 0 Å². The molecule has 5 heterocycles. The van der Waals surface area contributed by atoms with Gasteiger partial charge in [0, 0.05) is 35.8 Å². The number of nitrogens with one attached hydrogen (secondary N) is 1. The average Bonchev–Trinajstić information content (AvgIpc) is 3.73. The maximum atomic E-state index is 6.19. The molecule has 5 aromatic rings. The Morgan fingerprint density at radius 2 is 1.90 bits per heavy atom. The van der Waals surface area contributed by atoms with Crippen molar-refractivity contribution in [2.24, 2.45) is 4.99 Å². The third kappa shape index (κ3) is 4.82. The van der Waals surface area contributed by atoms with Crippen molar-refractivity contribution in [3.8, 4) is 22.7 Å². The fourth-order valence-electron chi connectivity index (χ4n) is 5.95. The largest absolute Gasteiger partial charge is 0.492 e. The lowest BCUT2D eigenvalue weighted by molar-refractivity contribution is 0.238. The number of aromatic amines is 1. The van der Waals surface area contributed by atoms with Crippen molar-refractivity contribution in [1.29, 1.82) is 0 Å². The van der Waals surface area contributed by atoms with E-state index in [0.29, 0.717) is 6.61 Å². The summed E-state index contributed by atoms with van der Waals surface area (Å²) in [7, 11) is 0. The highest BCUT2D eigenvalue weighted by molar-refractivity contribution is 6.14. The molecule has 0 saturated carbocycles. The van der Waals surface area contributed by atoms with Crippen molar-refractivity contribution in [3.63, 3.8) is 0 Å². The number of pyridine rings is 1. The van der Waals surface area contributed by atoms with Gasteiger partial charge in [-0.1, -0.05) is 12.1 Å². The number of hydrogen-bond donors (Lipinski definition) is 1. The summed E-state index contributed by atoms with van der Waals surface area (Å²) in [5, 5.41) is 1.13. The monoisotopic (exact) mass is 530 g/mol. The SMILES string of the molecule is Cc1cc(OCCN2CCCC2)cc(-c2ccc3c(n2)C(c2cc4c(-n5cnc(C)c5)cccc4[nH]2)=NCC3)c1. The predicted molar refractivity (Wildman–Crippen MR) is 160 cm³/mol. The molecule has 1 fully saturated rings. The minimum atomic E-state index is 0.707. The van der Waals surface area contributed by atoms with Gasteiger partial charge in [0.2, 0.25) is 0 Å². The smallest absolute Gasteiger partial charge is 0.120 e. The molecule has 1 N–H and O–H groups in total. The van der Waals surface area contributed by atoms with Crippen LogP contribution in [0.15, 0.2) is 72.1 Å². The van der Waals surface area contributed by atoms with Gasteiger partial charge in [0.05, 0.1) is 34.8 Å². The van der Waals surface area contributed by atoms with Gasteiger partial charge in [0.1, 0.15) is 18.1 Å². The Hall–Kier alpha value is -4.23. The molecule has 7 rings (SSSR count). The number of hydrogen-bond acceptors (Lipinski definition) is 5. The first-order valence-electron chi connectivity index (χ1n) is 14.3. The number of aryl methyl sites for hydroxylation is 2. The van der Waals surface area contributed by atoms with E-state index in [4.69, 9.17) is 14.7 Å². The number of imidazole rings is 1. The van der Waals surface area contributed by atoms with Crippen LogP contribution in [0, 0.1) is 13.8 Å². The van der Waals surface area contributed by atoms with Gasteiger partial charge in [0.15, 0.2) is 0 Å². The van der Waals surface area contributed by atoms with Gasteiger partial charge in [-0.3, -0.25) is 9.89 Å². The summed E-state index contributed by atoms with van der Waals surface area (Å²) >= 11 is 0. The molecule has 0 unspecified atom stereocenters. The van der Waals surface area contributed by atoms with E-state index in [9.17, 15) is 0 Å². The molecular formula is C33H34N6O. The Labute approximate surface area is 234 Å². The molecule has 202 valence electrons. The molecule has 0 amide bonds. The normalized spacial score (nSPS) is 15.4. The molecule has 0 aliphatic carbocycles. The third-order valence-corrected chi connectivity index (χ3v) is 7.96. The topological polar surface area (TPSA) is 71.3 Å². The lowest BCUT2D eigenvalue weighted by atomic mass is 9.99. The zero-order valence-corrected chi connectivity index (χ0v) is 23.2. The van der Waals surface area contributed by atoms with Crippen LogP contribution in [0.5, 0.6) is 5.75 Å². The summed E-state index contributed by atoms with van der Waals surface area (Å²) in [4.78, 5) is 20.7. The molecule has 1 saturated heterocycles. The van der Waals surface area contributed by atoms with Crippen LogP contribution in [-0.2, 0) is 6.42 Å². The fourth-order valence-corrected chi connectivity index (χ4v) is 5.95. The first-order valence-corrected chi connectivity index (χ1v) is 14.3. The molecule has 0 bridgehead atoms. The Balaban J connectivity index is 1.20. The second-order valence-electron chi connectivity index (χ2n) is 11.0. The minimum Gasteiger partial charge on any atom is -0.492 e. The van der Waals surface area contributed by atoms with Crippen LogP contribution in [0.2, 0.25) is 0 Å². The van der Waals surface area contributed by atoms with Crippen molar-refractivity contribution in [2.75, 3.05) is 32.8 Å². The Morgan fingerprint density at radius 1 is 1.00 bits per heavy atom. The zero-order valence-electron chi connectivity index (χ0n) is 23.2. The van der Waals surface area contributed by atoms with Crippen LogP contribution in [0.1, 0.15) is 41.1 Å². The van der Waals surface area contributed by atoms with Crippen LogP contribution >= 0.6 is 0 Å². The number of H-pyrrole nitrogens is 1. The number of rotatable bonds is 7. The summed E-state index contributed by atoms with van der Waals surface area (Å²) in [6.07, 6.45) is 7.41. The van der Waals surface area contributed by atoms with E-state index >= 15 is 0 Å².